The van der Waals surface area contributed by atoms with Crippen molar-refractivity contribution >= 4 is 34.2 Å². The highest BCUT2D eigenvalue weighted by Gasteiger charge is 2.14. The van der Waals surface area contributed by atoms with Crippen molar-refractivity contribution in [3.05, 3.63) is 58.1 Å². The molecule has 2 N–H and O–H groups in total. The number of halogens is 2. The van der Waals surface area contributed by atoms with Crippen LogP contribution in [0.4, 0.5) is 0 Å². The zero-order valence-electron chi connectivity index (χ0n) is 13.7. The van der Waals surface area contributed by atoms with Crippen LogP contribution in [0.3, 0.4) is 0 Å². The minimum atomic E-state index is -0.781. The summed E-state index contributed by atoms with van der Waals surface area (Å²) in [6.45, 7) is 3.02. The van der Waals surface area contributed by atoms with Gasteiger partial charge >= 0.3 is 0 Å². The number of aliphatic hydroxyl groups is 1. The number of ether oxygens (including phenoxy) is 1. The molecule has 0 fully saturated rings. The Hall–Kier alpha value is -1.95. The van der Waals surface area contributed by atoms with Gasteiger partial charge in [-0.15, -0.1) is 0 Å². The van der Waals surface area contributed by atoms with E-state index >= 15 is 0 Å². The van der Waals surface area contributed by atoms with Crippen molar-refractivity contribution in [2.45, 2.75) is 26.1 Å². The van der Waals surface area contributed by atoms with Crippen molar-refractivity contribution in [2.24, 2.45) is 0 Å². The van der Waals surface area contributed by atoms with Gasteiger partial charge in [-0.2, -0.15) is 0 Å². The number of hydrogen-bond acceptors (Lipinski definition) is 3. The molecule has 0 radical (unpaired) electrons. The van der Waals surface area contributed by atoms with Gasteiger partial charge in [0.1, 0.15) is 18.5 Å². The van der Waals surface area contributed by atoms with Gasteiger partial charge in [-0.3, -0.25) is 5.41 Å². The van der Waals surface area contributed by atoms with Gasteiger partial charge in [0.15, 0.2) is 0 Å². The number of aryl methyl sites for hydroxylation is 1. The number of benzene rings is 2. The number of aliphatic hydroxyl groups excluding tert-OH is 1. The second-order valence-electron chi connectivity index (χ2n) is 5.71. The number of nitrogens with one attached hydrogen (secondary N) is 1. The first-order valence-electron chi connectivity index (χ1n) is 7.99. The Labute approximate surface area is 155 Å². The fraction of sp³-hybridized carbons (Fsp3) is 0.278. The molecule has 0 aliphatic rings. The summed E-state index contributed by atoms with van der Waals surface area (Å²) >= 11 is 11.9. The van der Waals surface area contributed by atoms with Crippen LogP contribution in [0.2, 0.25) is 10.0 Å². The van der Waals surface area contributed by atoms with Gasteiger partial charge in [0, 0.05) is 11.6 Å². The van der Waals surface area contributed by atoms with Crippen molar-refractivity contribution in [3.8, 4) is 5.75 Å². The number of hydrogen-bond donors (Lipinski definition) is 2. The highest BCUT2D eigenvalue weighted by Crippen LogP contribution is 2.27. The number of imidazole rings is 1. The number of rotatable bonds is 6. The van der Waals surface area contributed by atoms with Gasteiger partial charge in [-0.25, -0.2) is 0 Å². The monoisotopic (exact) mass is 379 g/mol. The largest absolute Gasteiger partial charge is 0.489 e. The standard InChI is InChI=1S/C18H19Cl2N3O2/c1-2-22-15-5-3-4-6-16(15)23(18(22)21)10-13(24)11-25-17-8-7-12(19)9-14(17)20/h3-9,13,21,24H,2,10-11H2,1H3. The molecule has 1 atom stereocenters. The highest BCUT2D eigenvalue weighted by atomic mass is 35.5. The molecule has 0 saturated heterocycles. The third-order valence-electron chi connectivity index (χ3n) is 4.01. The van der Waals surface area contributed by atoms with E-state index in [0.29, 0.717) is 28.0 Å². The number of fused-ring (bicyclic) bond motifs is 1. The molecule has 1 aromatic heterocycles. The van der Waals surface area contributed by atoms with Crippen molar-refractivity contribution < 1.29 is 9.84 Å². The normalized spacial score (nSPS) is 12.5. The van der Waals surface area contributed by atoms with Gasteiger partial charge in [0.25, 0.3) is 0 Å². The maximum Gasteiger partial charge on any atom is 0.203 e. The first-order valence-corrected chi connectivity index (χ1v) is 8.75. The first kappa shape index (κ1) is 17.9. The van der Waals surface area contributed by atoms with Gasteiger partial charge in [-0.05, 0) is 37.3 Å². The lowest BCUT2D eigenvalue weighted by Gasteiger charge is -2.14. The molecular weight excluding hydrogens is 361 g/mol. The summed E-state index contributed by atoms with van der Waals surface area (Å²) in [5.41, 5.74) is 2.24. The molecule has 0 aliphatic heterocycles. The van der Waals surface area contributed by atoms with E-state index in [9.17, 15) is 5.11 Å². The van der Waals surface area contributed by atoms with Crippen LogP contribution in [-0.4, -0.2) is 27.0 Å². The van der Waals surface area contributed by atoms with Crippen LogP contribution in [0.1, 0.15) is 6.92 Å². The Kier molecular flexibility index (Phi) is 5.37. The molecular formula is C18H19Cl2N3O2. The lowest BCUT2D eigenvalue weighted by atomic mass is 10.3. The summed E-state index contributed by atoms with van der Waals surface area (Å²) in [4.78, 5) is 0. The van der Waals surface area contributed by atoms with Crippen molar-refractivity contribution in [2.75, 3.05) is 6.61 Å². The number of para-hydroxylation sites is 2. The van der Waals surface area contributed by atoms with Crippen LogP contribution < -0.4 is 10.4 Å². The molecule has 7 heteroatoms. The van der Waals surface area contributed by atoms with Crippen LogP contribution >= 0.6 is 23.2 Å². The second-order valence-corrected chi connectivity index (χ2v) is 6.55. The smallest absolute Gasteiger partial charge is 0.203 e. The van der Waals surface area contributed by atoms with E-state index in [0.717, 1.165) is 11.0 Å². The van der Waals surface area contributed by atoms with Crippen LogP contribution in [0.25, 0.3) is 11.0 Å². The summed E-state index contributed by atoms with van der Waals surface area (Å²) < 4.78 is 9.28. The van der Waals surface area contributed by atoms with E-state index in [1.54, 1.807) is 22.8 Å². The van der Waals surface area contributed by atoms with Crippen molar-refractivity contribution in [1.82, 2.24) is 9.13 Å². The van der Waals surface area contributed by atoms with Gasteiger partial charge in [-0.1, -0.05) is 35.3 Å². The molecule has 0 amide bonds. The minimum Gasteiger partial charge on any atom is -0.489 e. The summed E-state index contributed by atoms with van der Waals surface area (Å²) in [7, 11) is 0. The highest BCUT2D eigenvalue weighted by molar-refractivity contribution is 6.35. The maximum absolute atomic E-state index is 10.4. The number of nitrogens with zero attached hydrogens (tertiary/aromatic N) is 2. The molecule has 0 spiro atoms. The Bertz CT molecular complexity index is 949. The third kappa shape index (κ3) is 3.68. The first-order chi connectivity index (χ1) is 12.0. The molecule has 0 aliphatic carbocycles. The maximum atomic E-state index is 10.4. The van der Waals surface area contributed by atoms with E-state index in [4.69, 9.17) is 33.3 Å². The van der Waals surface area contributed by atoms with Gasteiger partial charge < -0.3 is 19.0 Å². The molecule has 25 heavy (non-hydrogen) atoms. The lowest BCUT2D eigenvalue weighted by Crippen LogP contribution is -2.31. The summed E-state index contributed by atoms with van der Waals surface area (Å²) in [6, 6.07) is 12.7. The van der Waals surface area contributed by atoms with Crippen LogP contribution in [0.5, 0.6) is 5.75 Å². The number of aromatic nitrogens is 2. The average molecular weight is 380 g/mol. The fourth-order valence-corrected chi connectivity index (χ4v) is 3.30. The Morgan fingerprint density at radius 3 is 2.44 bits per heavy atom. The summed E-state index contributed by atoms with van der Waals surface area (Å²) in [6.07, 6.45) is -0.781. The molecule has 1 unspecified atom stereocenters. The molecule has 3 rings (SSSR count). The molecule has 1 heterocycles. The molecule has 0 saturated carbocycles. The molecule has 132 valence electrons. The van der Waals surface area contributed by atoms with Crippen LogP contribution in [-0.2, 0) is 13.1 Å². The topological polar surface area (TPSA) is 63.2 Å². The van der Waals surface area contributed by atoms with Crippen LogP contribution in [0.15, 0.2) is 42.5 Å². The van der Waals surface area contributed by atoms with E-state index < -0.39 is 6.10 Å². The predicted octanol–water partition coefficient (Wildman–Crippen LogP) is 3.69. The predicted molar refractivity (Wildman–Crippen MR) is 99.4 cm³/mol. The Morgan fingerprint density at radius 2 is 1.80 bits per heavy atom. The fourth-order valence-electron chi connectivity index (χ4n) is 2.84. The van der Waals surface area contributed by atoms with Crippen molar-refractivity contribution in [1.29, 1.82) is 5.41 Å². The van der Waals surface area contributed by atoms with E-state index in [1.165, 1.54) is 0 Å². The van der Waals surface area contributed by atoms with E-state index in [2.05, 4.69) is 0 Å². The zero-order valence-corrected chi connectivity index (χ0v) is 15.3. The summed E-state index contributed by atoms with van der Waals surface area (Å²) in [5.74, 6) is 0.470. The van der Waals surface area contributed by atoms with Crippen molar-refractivity contribution in [3.63, 3.8) is 0 Å². The van der Waals surface area contributed by atoms with Crippen LogP contribution in [0, 0.1) is 5.41 Å². The molecule has 0 bridgehead atoms. The van der Waals surface area contributed by atoms with E-state index in [-0.39, 0.29) is 13.2 Å². The van der Waals surface area contributed by atoms with E-state index in [1.807, 2.05) is 35.8 Å². The molecule has 5 nitrogen and oxygen atoms in total. The Balaban J connectivity index is 1.77. The zero-order chi connectivity index (χ0) is 18.0. The minimum absolute atomic E-state index is 0.0689. The average Bonchev–Trinajstić information content (AvgIpc) is 2.86. The van der Waals surface area contributed by atoms with Gasteiger partial charge in [0.2, 0.25) is 5.62 Å². The SMILES string of the molecule is CCn1c(=N)n(CC(O)COc2ccc(Cl)cc2Cl)c2ccccc21. The lowest BCUT2D eigenvalue weighted by molar-refractivity contribution is 0.0921. The Morgan fingerprint density at radius 1 is 1.12 bits per heavy atom. The molecule has 2 aromatic carbocycles. The second kappa shape index (κ2) is 7.52. The van der Waals surface area contributed by atoms with Gasteiger partial charge in [0.05, 0.1) is 22.6 Å². The molecule has 3 aromatic rings. The summed E-state index contributed by atoms with van der Waals surface area (Å²) in [5, 5.41) is 19.7. The quantitative estimate of drug-likeness (QED) is 0.685. The third-order valence-corrected chi connectivity index (χ3v) is 4.54.